The van der Waals surface area contributed by atoms with E-state index < -0.39 is 0 Å². The second kappa shape index (κ2) is 7.72. The summed E-state index contributed by atoms with van der Waals surface area (Å²) in [6.45, 7) is 8.76. The Morgan fingerprint density at radius 2 is 2.03 bits per heavy atom. The van der Waals surface area contributed by atoms with E-state index >= 15 is 0 Å². The van der Waals surface area contributed by atoms with Crippen molar-refractivity contribution in [1.82, 2.24) is 0 Å². The number of anilines is 1. The minimum absolute atomic E-state index is 0.0793. The van der Waals surface area contributed by atoms with Gasteiger partial charge in [-0.1, -0.05) is 42.0 Å². The highest BCUT2D eigenvalue weighted by molar-refractivity contribution is 5.80. The SMILES string of the molecule is CC1=CC(c2cc(C)cc3c2[C@H](COC(C)/C=C(/C)O)C3)N(C)c2ccccc21. The highest BCUT2D eigenvalue weighted by atomic mass is 16.5. The number of benzene rings is 2. The van der Waals surface area contributed by atoms with E-state index in [9.17, 15) is 5.11 Å². The van der Waals surface area contributed by atoms with Crippen LogP contribution in [0.25, 0.3) is 5.57 Å². The maximum atomic E-state index is 9.47. The van der Waals surface area contributed by atoms with Gasteiger partial charge < -0.3 is 14.7 Å². The molecule has 2 unspecified atom stereocenters. The zero-order chi connectivity index (χ0) is 20.7. The summed E-state index contributed by atoms with van der Waals surface area (Å²) in [6, 6.07) is 13.6. The van der Waals surface area contributed by atoms with Crippen LogP contribution in [0.15, 0.2) is 54.3 Å². The number of aryl methyl sites for hydroxylation is 1. The van der Waals surface area contributed by atoms with Crippen LogP contribution in [0, 0.1) is 6.92 Å². The molecule has 152 valence electrons. The van der Waals surface area contributed by atoms with Gasteiger partial charge in [-0.05, 0) is 68.5 Å². The molecule has 4 rings (SSSR count). The van der Waals surface area contributed by atoms with Crippen LogP contribution in [0.5, 0.6) is 0 Å². The number of ether oxygens (including phenoxy) is 1. The molecule has 3 heteroatoms. The number of rotatable bonds is 5. The minimum Gasteiger partial charge on any atom is -0.513 e. The summed E-state index contributed by atoms with van der Waals surface area (Å²) >= 11 is 0. The third-order valence-electron chi connectivity index (χ3n) is 6.21. The van der Waals surface area contributed by atoms with E-state index in [4.69, 9.17) is 4.74 Å². The average molecular weight is 390 g/mol. The van der Waals surface area contributed by atoms with Crippen molar-refractivity contribution in [2.24, 2.45) is 0 Å². The lowest BCUT2D eigenvalue weighted by molar-refractivity contribution is 0.0782. The first-order chi connectivity index (χ1) is 13.8. The third kappa shape index (κ3) is 3.72. The minimum atomic E-state index is -0.0793. The zero-order valence-corrected chi connectivity index (χ0v) is 18.1. The normalized spacial score (nSPS) is 21.8. The topological polar surface area (TPSA) is 32.7 Å². The van der Waals surface area contributed by atoms with Crippen LogP contribution in [0.3, 0.4) is 0 Å². The molecule has 3 atom stereocenters. The van der Waals surface area contributed by atoms with Crippen LogP contribution in [0.2, 0.25) is 0 Å². The molecule has 2 aromatic carbocycles. The Morgan fingerprint density at radius 3 is 2.79 bits per heavy atom. The molecule has 1 aliphatic carbocycles. The van der Waals surface area contributed by atoms with Gasteiger partial charge in [-0.15, -0.1) is 0 Å². The van der Waals surface area contributed by atoms with Crippen molar-refractivity contribution in [3.8, 4) is 0 Å². The van der Waals surface area contributed by atoms with Gasteiger partial charge in [0.05, 0.1) is 24.5 Å². The van der Waals surface area contributed by atoms with Crippen molar-refractivity contribution in [3.05, 3.63) is 82.1 Å². The van der Waals surface area contributed by atoms with E-state index in [0.717, 1.165) is 6.42 Å². The molecule has 0 saturated heterocycles. The van der Waals surface area contributed by atoms with Crippen LogP contribution >= 0.6 is 0 Å². The molecule has 29 heavy (non-hydrogen) atoms. The van der Waals surface area contributed by atoms with Crippen molar-refractivity contribution in [1.29, 1.82) is 0 Å². The molecule has 0 radical (unpaired) electrons. The van der Waals surface area contributed by atoms with Crippen LogP contribution in [0.1, 0.15) is 60.5 Å². The van der Waals surface area contributed by atoms with Crippen molar-refractivity contribution in [2.75, 3.05) is 18.6 Å². The number of hydrogen-bond donors (Lipinski definition) is 1. The number of allylic oxidation sites excluding steroid dienone is 2. The van der Waals surface area contributed by atoms with Gasteiger partial charge in [0.15, 0.2) is 0 Å². The Kier molecular flexibility index (Phi) is 5.26. The molecule has 3 nitrogen and oxygen atoms in total. The number of para-hydroxylation sites is 1. The van der Waals surface area contributed by atoms with Gasteiger partial charge in [0.25, 0.3) is 0 Å². The molecule has 0 aromatic heterocycles. The second-order valence-corrected chi connectivity index (χ2v) is 8.60. The highest BCUT2D eigenvalue weighted by Gasteiger charge is 2.34. The molecule has 0 spiro atoms. The molecule has 0 amide bonds. The average Bonchev–Trinajstić information content (AvgIpc) is 2.65. The van der Waals surface area contributed by atoms with Gasteiger partial charge in [0.1, 0.15) is 0 Å². The zero-order valence-electron chi connectivity index (χ0n) is 18.1. The first-order valence-corrected chi connectivity index (χ1v) is 10.5. The Labute approximate surface area is 174 Å². The first kappa shape index (κ1) is 19.8. The lowest BCUT2D eigenvalue weighted by Crippen LogP contribution is -2.32. The molecule has 2 aromatic rings. The maximum Gasteiger partial charge on any atom is 0.0877 e. The number of aliphatic hydroxyl groups excluding tert-OH is 1. The lowest BCUT2D eigenvalue weighted by atomic mass is 9.72. The fourth-order valence-electron chi connectivity index (χ4n) is 4.85. The molecule has 2 aliphatic rings. The van der Waals surface area contributed by atoms with Crippen LogP contribution in [-0.4, -0.2) is 24.9 Å². The fourth-order valence-corrected chi connectivity index (χ4v) is 4.85. The molecule has 0 saturated carbocycles. The monoisotopic (exact) mass is 389 g/mol. The predicted octanol–water partition coefficient (Wildman–Crippen LogP) is 6.10. The van der Waals surface area contributed by atoms with E-state index in [-0.39, 0.29) is 12.1 Å². The second-order valence-electron chi connectivity index (χ2n) is 8.60. The molecule has 1 heterocycles. The smallest absolute Gasteiger partial charge is 0.0877 e. The van der Waals surface area contributed by atoms with Crippen molar-refractivity contribution in [2.45, 2.75) is 52.2 Å². The lowest BCUT2D eigenvalue weighted by Gasteiger charge is -2.40. The van der Waals surface area contributed by atoms with Crippen molar-refractivity contribution >= 4 is 11.3 Å². The van der Waals surface area contributed by atoms with Gasteiger partial charge in [-0.2, -0.15) is 0 Å². The number of aliphatic hydroxyl groups is 1. The molecule has 0 bridgehead atoms. The molecule has 1 aliphatic heterocycles. The van der Waals surface area contributed by atoms with E-state index in [1.165, 1.54) is 39.1 Å². The first-order valence-electron chi connectivity index (χ1n) is 10.5. The van der Waals surface area contributed by atoms with E-state index in [1.807, 2.05) is 6.92 Å². The molecule has 0 fully saturated rings. The summed E-state index contributed by atoms with van der Waals surface area (Å²) in [4.78, 5) is 2.40. The Balaban J connectivity index is 1.65. The van der Waals surface area contributed by atoms with Gasteiger partial charge in [-0.25, -0.2) is 0 Å². The van der Waals surface area contributed by atoms with E-state index in [0.29, 0.717) is 18.3 Å². The van der Waals surface area contributed by atoms with Crippen molar-refractivity contribution in [3.63, 3.8) is 0 Å². The quantitative estimate of drug-likeness (QED) is 0.628. The molecular formula is C26H31NO2. The number of nitrogens with zero attached hydrogens (tertiary/aromatic N) is 1. The van der Waals surface area contributed by atoms with Gasteiger partial charge in [0, 0.05) is 24.2 Å². The molecule has 1 N–H and O–H groups in total. The fraction of sp³-hybridized carbons (Fsp3) is 0.385. The maximum absolute atomic E-state index is 9.47. The van der Waals surface area contributed by atoms with Crippen LogP contribution in [-0.2, 0) is 11.2 Å². The van der Waals surface area contributed by atoms with Gasteiger partial charge >= 0.3 is 0 Å². The Hall–Kier alpha value is -2.52. The summed E-state index contributed by atoms with van der Waals surface area (Å²) in [5, 5.41) is 9.47. The standard InChI is InChI=1S/C26H31NO2/c1-16-10-20-14-21(15-29-19(4)13-18(3)28)26(20)23(11-16)25-12-17(2)22-8-6-7-9-24(22)27(25)5/h6-13,19,21,25,28H,14-15H2,1-5H3/b18-13-/t19?,21-,25?/m0/s1. The number of hydrogen-bond acceptors (Lipinski definition) is 3. The summed E-state index contributed by atoms with van der Waals surface area (Å²) in [7, 11) is 2.20. The Morgan fingerprint density at radius 1 is 1.28 bits per heavy atom. The van der Waals surface area contributed by atoms with Crippen molar-refractivity contribution < 1.29 is 9.84 Å². The summed E-state index contributed by atoms with van der Waals surface area (Å²) in [5.41, 5.74) is 9.57. The molecular weight excluding hydrogens is 358 g/mol. The highest BCUT2D eigenvalue weighted by Crippen LogP contribution is 2.46. The summed E-state index contributed by atoms with van der Waals surface area (Å²) in [5.74, 6) is 0.723. The largest absolute Gasteiger partial charge is 0.513 e. The predicted molar refractivity (Wildman–Crippen MR) is 121 cm³/mol. The number of fused-ring (bicyclic) bond motifs is 2. The van der Waals surface area contributed by atoms with E-state index in [2.05, 4.69) is 68.3 Å². The van der Waals surface area contributed by atoms with E-state index in [1.54, 1.807) is 13.0 Å². The van der Waals surface area contributed by atoms with Gasteiger partial charge in [-0.3, -0.25) is 0 Å². The van der Waals surface area contributed by atoms with Crippen LogP contribution < -0.4 is 4.90 Å². The summed E-state index contributed by atoms with van der Waals surface area (Å²) in [6.07, 6.45) is 5.14. The number of likely N-dealkylation sites (N-methyl/N-ethyl adjacent to an activating group) is 1. The Bertz CT molecular complexity index is 984. The van der Waals surface area contributed by atoms with Gasteiger partial charge in [0.2, 0.25) is 0 Å². The third-order valence-corrected chi connectivity index (χ3v) is 6.21. The van der Waals surface area contributed by atoms with Crippen LogP contribution in [0.4, 0.5) is 5.69 Å². The summed E-state index contributed by atoms with van der Waals surface area (Å²) < 4.78 is 6.02.